The maximum atomic E-state index is 12.0. The number of rotatable bonds is 2. The first-order valence-corrected chi connectivity index (χ1v) is 6.95. The molecule has 1 N–H and O–H groups in total. The zero-order chi connectivity index (χ0) is 14.9. The minimum absolute atomic E-state index is 0.277. The Morgan fingerprint density at radius 2 is 1.73 bits per heavy atom. The number of H-pyrrole nitrogens is 1. The Kier molecular flexibility index (Phi) is 2.86. The number of fused-ring (bicyclic) bond motifs is 2. The summed E-state index contributed by atoms with van der Waals surface area (Å²) in [4.78, 5) is 19.1. The van der Waals surface area contributed by atoms with Gasteiger partial charge >= 0.3 is 0 Å². The first-order valence-electron chi connectivity index (χ1n) is 6.95. The second kappa shape index (κ2) is 5.00. The molecule has 4 aromatic rings. The monoisotopic (exact) mass is 288 g/mol. The smallest absolute Gasteiger partial charge is 0.284 e. The molecule has 0 spiro atoms. The van der Waals surface area contributed by atoms with Crippen LogP contribution in [0, 0.1) is 0 Å². The van der Waals surface area contributed by atoms with E-state index in [9.17, 15) is 4.79 Å². The molecule has 0 saturated heterocycles. The summed E-state index contributed by atoms with van der Waals surface area (Å²) in [7, 11) is 0. The molecule has 106 valence electrons. The zero-order valence-corrected chi connectivity index (χ0v) is 11.6. The van der Waals surface area contributed by atoms with Crippen LogP contribution >= 0.6 is 0 Å². The van der Waals surface area contributed by atoms with E-state index in [1.807, 2.05) is 42.6 Å². The highest BCUT2D eigenvalue weighted by atomic mass is 16.3. The standard InChI is InChI=1S/C18H12N2O2/c21-18-14-6-2-4-8-16(14)22-17(20-18)10-9-12-11-19-15-7-3-1-5-13(12)15/h1-11,19H/b10-9+. The summed E-state index contributed by atoms with van der Waals surface area (Å²) in [6.07, 6.45) is 5.52. The molecule has 0 unspecified atom stereocenters. The van der Waals surface area contributed by atoms with Crippen molar-refractivity contribution < 1.29 is 4.42 Å². The lowest BCUT2D eigenvalue weighted by Gasteiger charge is -1.97. The third-order valence-electron chi connectivity index (χ3n) is 3.57. The van der Waals surface area contributed by atoms with Gasteiger partial charge in [-0.15, -0.1) is 0 Å². The van der Waals surface area contributed by atoms with E-state index in [2.05, 4.69) is 9.97 Å². The van der Waals surface area contributed by atoms with E-state index in [4.69, 9.17) is 4.42 Å². The number of para-hydroxylation sites is 2. The number of nitrogens with one attached hydrogen (secondary N) is 1. The van der Waals surface area contributed by atoms with Crippen LogP contribution in [0.4, 0.5) is 0 Å². The molecule has 2 heterocycles. The normalized spacial score (nSPS) is 11.6. The van der Waals surface area contributed by atoms with Crippen LogP contribution in [0.25, 0.3) is 34.0 Å². The molecule has 2 aromatic heterocycles. The van der Waals surface area contributed by atoms with E-state index in [0.717, 1.165) is 16.5 Å². The lowest BCUT2D eigenvalue weighted by atomic mass is 10.1. The number of aromatic nitrogens is 2. The van der Waals surface area contributed by atoms with Crippen LogP contribution in [0.1, 0.15) is 11.5 Å². The third-order valence-corrected chi connectivity index (χ3v) is 3.57. The summed E-state index contributed by atoms with van der Waals surface area (Å²) in [5.41, 5.74) is 2.35. The molecule has 0 saturated carbocycles. The number of hydrogen-bond donors (Lipinski definition) is 1. The SMILES string of the molecule is O=c1nc(/C=C/c2c[nH]c3ccccc23)oc2ccccc12. The van der Waals surface area contributed by atoms with Gasteiger partial charge in [-0.1, -0.05) is 30.3 Å². The fourth-order valence-electron chi connectivity index (χ4n) is 2.49. The van der Waals surface area contributed by atoms with Gasteiger partial charge in [0, 0.05) is 23.2 Å². The highest BCUT2D eigenvalue weighted by Crippen LogP contribution is 2.20. The van der Waals surface area contributed by atoms with Crippen molar-refractivity contribution in [1.29, 1.82) is 0 Å². The van der Waals surface area contributed by atoms with Crippen molar-refractivity contribution in [2.45, 2.75) is 0 Å². The van der Waals surface area contributed by atoms with Crippen molar-refractivity contribution in [2.75, 3.05) is 0 Å². The molecule has 0 fully saturated rings. The topological polar surface area (TPSA) is 58.9 Å². The van der Waals surface area contributed by atoms with E-state index >= 15 is 0 Å². The predicted octanol–water partition coefficient (Wildman–Crippen LogP) is 3.84. The Balaban J connectivity index is 1.78. The van der Waals surface area contributed by atoms with Crippen molar-refractivity contribution in [1.82, 2.24) is 9.97 Å². The molecule has 4 heteroatoms. The second-order valence-corrected chi connectivity index (χ2v) is 4.98. The minimum atomic E-state index is -0.277. The third kappa shape index (κ3) is 2.11. The molecule has 0 aliphatic rings. The van der Waals surface area contributed by atoms with E-state index in [-0.39, 0.29) is 5.56 Å². The molecule has 0 aliphatic carbocycles. The molecular weight excluding hydrogens is 276 g/mol. The quantitative estimate of drug-likeness (QED) is 0.609. The van der Waals surface area contributed by atoms with E-state index in [1.165, 1.54) is 0 Å². The molecule has 0 aliphatic heterocycles. The van der Waals surface area contributed by atoms with Crippen LogP contribution in [0.2, 0.25) is 0 Å². The van der Waals surface area contributed by atoms with Gasteiger partial charge in [0.05, 0.1) is 5.39 Å². The van der Waals surface area contributed by atoms with Crippen molar-refractivity contribution in [3.8, 4) is 0 Å². The van der Waals surface area contributed by atoms with E-state index in [0.29, 0.717) is 16.9 Å². The van der Waals surface area contributed by atoms with Crippen LogP contribution in [-0.4, -0.2) is 9.97 Å². The van der Waals surface area contributed by atoms with Crippen LogP contribution in [-0.2, 0) is 0 Å². The van der Waals surface area contributed by atoms with Gasteiger partial charge in [0.2, 0.25) is 5.89 Å². The molecule has 0 bridgehead atoms. The highest BCUT2D eigenvalue weighted by Gasteiger charge is 2.04. The molecule has 4 nitrogen and oxygen atoms in total. The van der Waals surface area contributed by atoms with Gasteiger partial charge in [-0.2, -0.15) is 4.98 Å². The zero-order valence-electron chi connectivity index (χ0n) is 11.6. The molecule has 0 atom stereocenters. The van der Waals surface area contributed by atoms with Gasteiger partial charge in [-0.3, -0.25) is 4.79 Å². The maximum absolute atomic E-state index is 12.0. The fourth-order valence-corrected chi connectivity index (χ4v) is 2.49. The first kappa shape index (κ1) is 12.6. The summed E-state index contributed by atoms with van der Waals surface area (Å²) in [5, 5.41) is 1.61. The minimum Gasteiger partial charge on any atom is -0.438 e. The summed E-state index contributed by atoms with van der Waals surface area (Å²) < 4.78 is 5.64. The highest BCUT2D eigenvalue weighted by molar-refractivity contribution is 5.91. The lowest BCUT2D eigenvalue weighted by molar-refractivity contribution is 0.563. The Morgan fingerprint density at radius 3 is 2.64 bits per heavy atom. The van der Waals surface area contributed by atoms with Crippen LogP contribution in [0.5, 0.6) is 0 Å². The van der Waals surface area contributed by atoms with Crippen LogP contribution in [0.3, 0.4) is 0 Å². The lowest BCUT2D eigenvalue weighted by Crippen LogP contribution is -2.06. The van der Waals surface area contributed by atoms with E-state index in [1.54, 1.807) is 24.3 Å². The van der Waals surface area contributed by atoms with Gasteiger partial charge in [0.1, 0.15) is 5.58 Å². The first-order chi connectivity index (χ1) is 10.8. The van der Waals surface area contributed by atoms with Crippen LogP contribution in [0.15, 0.2) is 63.9 Å². The Labute approximate surface area is 125 Å². The number of nitrogens with zero attached hydrogens (tertiary/aromatic N) is 1. The summed E-state index contributed by atoms with van der Waals surface area (Å²) in [6, 6.07) is 15.1. The van der Waals surface area contributed by atoms with E-state index < -0.39 is 0 Å². The predicted molar refractivity (Wildman–Crippen MR) is 87.5 cm³/mol. The summed E-state index contributed by atoms with van der Waals surface area (Å²) >= 11 is 0. The maximum Gasteiger partial charge on any atom is 0.284 e. The molecule has 22 heavy (non-hydrogen) atoms. The molecule has 4 rings (SSSR count). The fraction of sp³-hybridized carbons (Fsp3) is 0. The van der Waals surface area contributed by atoms with Crippen LogP contribution < -0.4 is 5.56 Å². The van der Waals surface area contributed by atoms with Gasteiger partial charge in [-0.05, 0) is 29.8 Å². The average Bonchev–Trinajstić information content (AvgIpc) is 2.96. The largest absolute Gasteiger partial charge is 0.438 e. The van der Waals surface area contributed by atoms with Crippen molar-refractivity contribution >= 4 is 34.0 Å². The Morgan fingerprint density at radius 1 is 0.955 bits per heavy atom. The molecule has 2 aromatic carbocycles. The second-order valence-electron chi connectivity index (χ2n) is 4.98. The van der Waals surface area contributed by atoms with Crippen molar-refractivity contribution in [3.63, 3.8) is 0 Å². The number of aromatic amines is 1. The van der Waals surface area contributed by atoms with Gasteiger partial charge in [0.15, 0.2) is 0 Å². The average molecular weight is 288 g/mol. The van der Waals surface area contributed by atoms with Gasteiger partial charge < -0.3 is 9.40 Å². The van der Waals surface area contributed by atoms with Crippen molar-refractivity contribution in [2.24, 2.45) is 0 Å². The molecular formula is C18H12N2O2. The van der Waals surface area contributed by atoms with Gasteiger partial charge in [-0.25, -0.2) is 0 Å². The summed E-state index contributed by atoms with van der Waals surface area (Å²) in [6.45, 7) is 0. The number of benzene rings is 2. The number of hydrogen-bond acceptors (Lipinski definition) is 3. The Hall–Kier alpha value is -3.14. The van der Waals surface area contributed by atoms with Gasteiger partial charge in [0.25, 0.3) is 5.56 Å². The summed E-state index contributed by atoms with van der Waals surface area (Å²) in [5.74, 6) is 0.300. The molecule has 0 amide bonds. The molecule has 0 radical (unpaired) electrons. The Bertz CT molecular complexity index is 1060. The van der Waals surface area contributed by atoms with Crippen molar-refractivity contribution in [3.05, 3.63) is 76.5 Å².